The maximum absolute atomic E-state index is 12.3. The second kappa shape index (κ2) is 8.26. The smallest absolute Gasteiger partial charge is 0.256 e. The van der Waals surface area contributed by atoms with Crippen LogP contribution in [0.4, 0.5) is 0 Å². The summed E-state index contributed by atoms with van der Waals surface area (Å²) in [5, 5.41) is 0. The average Bonchev–Trinajstić information content (AvgIpc) is 2.62. The second-order valence-corrected chi connectivity index (χ2v) is 7.60. The number of piperidine rings is 2. The van der Waals surface area contributed by atoms with E-state index in [9.17, 15) is 4.79 Å². The van der Waals surface area contributed by atoms with Gasteiger partial charge in [0.2, 0.25) is 0 Å². The third kappa shape index (κ3) is 4.45. The van der Waals surface area contributed by atoms with Gasteiger partial charge in [-0.2, -0.15) is 0 Å². The first-order valence-corrected chi connectivity index (χ1v) is 9.61. The van der Waals surface area contributed by atoms with Gasteiger partial charge in [0, 0.05) is 30.9 Å². The monoisotopic (exact) mass is 332 g/mol. The summed E-state index contributed by atoms with van der Waals surface area (Å²) in [7, 11) is 0. The van der Waals surface area contributed by atoms with Crippen molar-refractivity contribution in [2.75, 3.05) is 39.3 Å². The van der Waals surface area contributed by atoms with Gasteiger partial charge in [-0.1, -0.05) is 6.42 Å². The Hall–Kier alpha value is -1.20. The van der Waals surface area contributed by atoms with Crippen molar-refractivity contribution in [2.24, 2.45) is 5.92 Å². The van der Waals surface area contributed by atoms with Crippen LogP contribution in [0.1, 0.15) is 43.4 Å². The zero-order valence-corrected chi connectivity index (χ0v) is 15.3. The molecule has 3 rings (SSSR count). The minimum atomic E-state index is 0.134. The zero-order chi connectivity index (χ0) is 16.9. The van der Waals surface area contributed by atoms with Crippen LogP contribution in [0.2, 0.25) is 0 Å². The molecule has 0 N–H and O–H groups in total. The maximum Gasteiger partial charge on any atom is 0.256 e. The Kier molecular flexibility index (Phi) is 6.06. The lowest BCUT2D eigenvalue weighted by molar-refractivity contribution is 0.140. The Labute approximate surface area is 145 Å². The topological polar surface area (TPSA) is 41.4 Å². The van der Waals surface area contributed by atoms with Crippen molar-refractivity contribution in [3.63, 3.8) is 0 Å². The number of nitrogens with zero attached hydrogens (tertiary/aromatic N) is 4. The number of likely N-dealkylation sites (tertiary alicyclic amines) is 2. The Balaban J connectivity index is 1.43. The van der Waals surface area contributed by atoms with Crippen molar-refractivity contribution in [1.29, 1.82) is 0 Å². The number of hydrogen-bond acceptors (Lipinski definition) is 4. The summed E-state index contributed by atoms with van der Waals surface area (Å²) >= 11 is 0. The van der Waals surface area contributed by atoms with Gasteiger partial charge in [-0.15, -0.1) is 0 Å². The Bertz CT molecular complexity index is 584. The fourth-order valence-electron chi connectivity index (χ4n) is 3.94. The lowest BCUT2D eigenvalue weighted by Crippen LogP contribution is -2.42. The molecule has 0 atom stereocenters. The lowest BCUT2D eigenvalue weighted by atomic mass is 9.96. The zero-order valence-electron chi connectivity index (χ0n) is 15.3. The van der Waals surface area contributed by atoms with Crippen LogP contribution in [-0.4, -0.2) is 58.6 Å². The normalized spacial score (nSPS) is 21.2. The molecule has 0 aromatic carbocycles. The van der Waals surface area contributed by atoms with Gasteiger partial charge in [-0.25, -0.2) is 4.98 Å². The number of aromatic nitrogens is 2. The first kappa shape index (κ1) is 17.6. The SMILES string of the molecule is Cc1ncn(CC2CCN(CCN3CCCCC3)CC2)c(=O)c1C. The number of hydrogen-bond donors (Lipinski definition) is 0. The Morgan fingerprint density at radius 1 is 1.00 bits per heavy atom. The van der Waals surface area contributed by atoms with Gasteiger partial charge < -0.3 is 9.80 Å². The summed E-state index contributed by atoms with van der Waals surface area (Å²) < 4.78 is 1.82. The molecular weight excluding hydrogens is 300 g/mol. The van der Waals surface area contributed by atoms with E-state index in [0.29, 0.717) is 5.92 Å². The standard InChI is InChI=1S/C19H32N4O/c1-16-17(2)20-15-23(19(16)24)14-18-6-10-22(11-7-18)13-12-21-8-4-3-5-9-21/h15,18H,3-14H2,1-2H3. The van der Waals surface area contributed by atoms with Crippen LogP contribution in [-0.2, 0) is 6.54 Å². The quantitative estimate of drug-likeness (QED) is 0.828. The summed E-state index contributed by atoms with van der Waals surface area (Å²) in [5.41, 5.74) is 1.77. The van der Waals surface area contributed by atoms with Crippen molar-refractivity contribution in [3.05, 3.63) is 27.9 Å². The molecule has 2 aliphatic heterocycles. The van der Waals surface area contributed by atoms with Gasteiger partial charge in [0.1, 0.15) is 0 Å². The van der Waals surface area contributed by atoms with Crippen molar-refractivity contribution in [3.8, 4) is 0 Å². The predicted molar refractivity (Wildman–Crippen MR) is 97.4 cm³/mol. The van der Waals surface area contributed by atoms with E-state index in [4.69, 9.17) is 0 Å². The molecule has 0 radical (unpaired) electrons. The summed E-state index contributed by atoms with van der Waals surface area (Å²) in [4.78, 5) is 21.9. The minimum Gasteiger partial charge on any atom is -0.302 e. The molecular formula is C19H32N4O. The molecule has 0 spiro atoms. The molecule has 2 fully saturated rings. The van der Waals surface area contributed by atoms with E-state index in [2.05, 4.69) is 14.8 Å². The number of rotatable bonds is 5. The highest BCUT2D eigenvalue weighted by molar-refractivity contribution is 5.12. The lowest BCUT2D eigenvalue weighted by Gasteiger charge is -2.34. The molecule has 0 saturated carbocycles. The van der Waals surface area contributed by atoms with Gasteiger partial charge in [0.15, 0.2) is 0 Å². The van der Waals surface area contributed by atoms with E-state index < -0.39 is 0 Å². The van der Waals surface area contributed by atoms with Gasteiger partial charge in [-0.05, 0) is 71.6 Å². The first-order valence-electron chi connectivity index (χ1n) is 9.61. The molecule has 1 aromatic heterocycles. The Morgan fingerprint density at radius 3 is 2.29 bits per heavy atom. The van der Waals surface area contributed by atoms with Crippen LogP contribution in [0.25, 0.3) is 0 Å². The molecule has 2 saturated heterocycles. The summed E-state index contributed by atoms with van der Waals surface area (Å²) in [5.74, 6) is 0.609. The molecule has 5 heteroatoms. The van der Waals surface area contributed by atoms with Crippen molar-refractivity contribution >= 4 is 0 Å². The fourth-order valence-corrected chi connectivity index (χ4v) is 3.94. The molecule has 0 unspecified atom stereocenters. The predicted octanol–water partition coefficient (Wildman–Crippen LogP) is 2.06. The van der Waals surface area contributed by atoms with E-state index in [1.807, 2.05) is 18.4 Å². The Morgan fingerprint density at radius 2 is 1.62 bits per heavy atom. The molecule has 2 aliphatic rings. The van der Waals surface area contributed by atoms with E-state index in [1.165, 1.54) is 71.4 Å². The highest BCUT2D eigenvalue weighted by Crippen LogP contribution is 2.19. The first-order chi connectivity index (χ1) is 11.6. The van der Waals surface area contributed by atoms with Crippen molar-refractivity contribution in [1.82, 2.24) is 19.4 Å². The third-order valence-electron chi connectivity index (χ3n) is 5.86. The largest absolute Gasteiger partial charge is 0.302 e. The van der Waals surface area contributed by atoms with E-state index in [1.54, 1.807) is 6.33 Å². The summed E-state index contributed by atoms with van der Waals surface area (Å²) in [6, 6.07) is 0. The maximum atomic E-state index is 12.3. The van der Waals surface area contributed by atoms with E-state index in [-0.39, 0.29) is 5.56 Å². The summed E-state index contributed by atoms with van der Waals surface area (Å²) in [6.07, 6.45) is 8.28. The fraction of sp³-hybridized carbons (Fsp3) is 0.789. The van der Waals surface area contributed by atoms with Gasteiger partial charge in [0.25, 0.3) is 5.56 Å². The van der Waals surface area contributed by atoms with Crippen LogP contribution >= 0.6 is 0 Å². The molecule has 134 valence electrons. The van der Waals surface area contributed by atoms with Crippen LogP contribution in [0, 0.1) is 19.8 Å². The van der Waals surface area contributed by atoms with Crippen LogP contribution in [0.5, 0.6) is 0 Å². The van der Waals surface area contributed by atoms with Crippen LogP contribution in [0.3, 0.4) is 0 Å². The minimum absolute atomic E-state index is 0.134. The average molecular weight is 332 g/mol. The molecule has 3 heterocycles. The van der Waals surface area contributed by atoms with Crippen LogP contribution in [0.15, 0.2) is 11.1 Å². The third-order valence-corrected chi connectivity index (χ3v) is 5.86. The molecule has 0 bridgehead atoms. The highest BCUT2D eigenvalue weighted by Gasteiger charge is 2.21. The molecule has 1 aromatic rings. The van der Waals surface area contributed by atoms with Crippen molar-refractivity contribution in [2.45, 2.75) is 52.5 Å². The van der Waals surface area contributed by atoms with Crippen molar-refractivity contribution < 1.29 is 0 Å². The van der Waals surface area contributed by atoms with Crippen LogP contribution < -0.4 is 5.56 Å². The van der Waals surface area contributed by atoms with E-state index in [0.717, 1.165) is 17.8 Å². The van der Waals surface area contributed by atoms with Gasteiger partial charge in [-0.3, -0.25) is 9.36 Å². The molecule has 24 heavy (non-hydrogen) atoms. The number of aryl methyl sites for hydroxylation is 1. The molecule has 0 amide bonds. The molecule has 0 aliphatic carbocycles. The second-order valence-electron chi connectivity index (χ2n) is 7.60. The van der Waals surface area contributed by atoms with Gasteiger partial charge in [0.05, 0.1) is 6.33 Å². The van der Waals surface area contributed by atoms with E-state index >= 15 is 0 Å². The highest BCUT2D eigenvalue weighted by atomic mass is 16.1. The molecule has 5 nitrogen and oxygen atoms in total. The van der Waals surface area contributed by atoms with Gasteiger partial charge >= 0.3 is 0 Å². The summed E-state index contributed by atoms with van der Waals surface area (Å²) in [6.45, 7) is 12.0.